The van der Waals surface area contributed by atoms with Gasteiger partial charge in [0.15, 0.2) is 5.78 Å². The van der Waals surface area contributed by atoms with Crippen LogP contribution in [0, 0.1) is 0 Å². The number of methoxy groups -OCH3 is 1. The Hall–Kier alpha value is -3.57. The maximum Gasteiger partial charge on any atom is 0.230 e. The van der Waals surface area contributed by atoms with E-state index in [-0.39, 0.29) is 5.78 Å². The van der Waals surface area contributed by atoms with Crippen LogP contribution in [0.2, 0.25) is 0 Å². The van der Waals surface area contributed by atoms with Gasteiger partial charge in [0.1, 0.15) is 5.75 Å². The van der Waals surface area contributed by atoms with Crippen LogP contribution < -0.4 is 14.5 Å². The molecular weight excluding hydrogens is 448 g/mol. The van der Waals surface area contributed by atoms with Gasteiger partial charge < -0.3 is 19.3 Å². The van der Waals surface area contributed by atoms with E-state index in [1.165, 1.54) is 37.1 Å². The van der Waals surface area contributed by atoms with Crippen LogP contribution in [0.3, 0.4) is 0 Å². The number of hydrogen-bond donors (Lipinski definition) is 0. The highest BCUT2D eigenvalue weighted by molar-refractivity contribution is 6.17. The molecule has 0 bridgehead atoms. The molecule has 0 radical (unpaired) electrons. The molecule has 3 aliphatic rings. The van der Waals surface area contributed by atoms with Gasteiger partial charge in [0, 0.05) is 50.2 Å². The molecule has 2 saturated heterocycles. The molecule has 3 heterocycles. The Morgan fingerprint density at radius 3 is 1.75 bits per heavy atom. The fourth-order valence-corrected chi connectivity index (χ4v) is 5.69. The highest BCUT2D eigenvalue weighted by Gasteiger charge is 2.35. The topological polar surface area (TPSA) is 42.0 Å². The van der Waals surface area contributed by atoms with Gasteiger partial charge in [0.25, 0.3) is 0 Å². The summed E-state index contributed by atoms with van der Waals surface area (Å²) >= 11 is 0. The molecular formula is C31H32N2O3. The number of carbonyl (C=O) groups is 1. The van der Waals surface area contributed by atoms with Gasteiger partial charge in [-0.05, 0) is 73.2 Å². The predicted octanol–water partition coefficient (Wildman–Crippen LogP) is 5.94. The van der Waals surface area contributed by atoms with Gasteiger partial charge in [-0.2, -0.15) is 0 Å². The Bertz CT molecular complexity index is 1210. The number of Topliss-reactive ketones (excluding diaryl/α,β-unsaturated/α-hetero) is 1. The SMILES string of the molecule is COC1Oc2ccccc2C(=O)C1=C(c1ccc(N2CCCC2)cc1)c1ccc(N2CCCC2)cc1. The van der Waals surface area contributed by atoms with E-state index in [1.54, 1.807) is 7.11 Å². The smallest absolute Gasteiger partial charge is 0.230 e. The molecule has 5 nitrogen and oxygen atoms in total. The summed E-state index contributed by atoms with van der Waals surface area (Å²) in [5.41, 5.74) is 6.40. The van der Waals surface area contributed by atoms with Gasteiger partial charge in [0.2, 0.25) is 6.29 Å². The zero-order chi connectivity index (χ0) is 24.5. The van der Waals surface area contributed by atoms with Crippen molar-refractivity contribution >= 4 is 22.7 Å². The predicted molar refractivity (Wildman–Crippen MR) is 144 cm³/mol. The average molecular weight is 481 g/mol. The summed E-state index contributed by atoms with van der Waals surface area (Å²) in [7, 11) is 1.59. The Morgan fingerprint density at radius 2 is 1.25 bits per heavy atom. The van der Waals surface area contributed by atoms with E-state index in [0.717, 1.165) is 42.9 Å². The molecule has 0 N–H and O–H groups in total. The third kappa shape index (κ3) is 4.18. The first-order valence-corrected chi connectivity index (χ1v) is 13.0. The molecule has 0 aromatic heterocycles. The quantitative estimate of drug-likeness (QED) is 0.423. The Morgan fingerprint density at radius 1 is 0.750 bits per heavy atom. The number of nitrogens with zero attached hydrogens (tertiary/aromatic N) is 2. The first-order chi connectivity index (χ1) is 17.7. The van der Waals surface area contributed by atoms with Crippen LogP contribution in [0.25, 0.3) is 5.57 Å². The summed E-state index contributed by atoms with van der Waals surface area (Å²) in [6.07, 6.45) is 4.17. The maximum atomic E-state index is 13.9. The molecule has 184 valence electrons. The summed E-state index contributed by atoms with van der Waals surface area (Å²) in [5.74, 6) is 0.511. The van der Waals surface area contributed by atoms with E-state index >= 15 is 0 Å². The van der Waals surface area contributed by atoms with Crippen LogP contribution in [0.1, 0.15) is 47.2 Å². The van der Waals surface area contributed by atoms with Crippen molar-refractivity contribution in [3.8, 4) is 5.75 Å². The molecule has 2 fully saturated rings. The Kier molecular flexibility index (Phi) is 6.24. The van der Waals surface area contributed by atoms with Crippen molar-refractivity contribution < 1.29 is 14.3 Å². The molecule has 0 spiro atoms. The molecule has 3 aliphatic heterocycles. The molecule has 0 amide bonds. The standard InChI is InChI=1S/C31H32N2O3/c1-35-31-29(30(34)26-8-2-3-9-27(26)36-31)28(22-10-14-24(15-11-22)32-18-4-5-19-32)23-12-16-25(17-13-23)33-20-6-7-21-33/h2-3,8-17,31H,4-7,18-21H2,1H3. The van der Waals surface area contributed by atoms with Crippen molar-refractivity contribution in [3.05, 3.63) is 95.1 Å². The summed E-state index contributed by atoms with van der Waals surface area (Å²) in [4.78, 5) is 18.7. The van der Waals surface area contributed by atoms with Crippen LogP contribution in [0.15, 0.2) is 78.4 Å². The van der Waals surface area contributed by atoms with Crippen LogP contribution in [0.5, 0.6) is 5.75 Å². The monoisotopic (exact) mass is 480 g/mol. The molecule has 0 saturated carbocycles. The average Bonchev–Trinajstić information content (AvgIpc) is 3.66. The number of carbonyl (C=O) groups excluding carboxylic acids is 1. The minimum absolute atomic E-state index is 0.0501. The van der Waals surface area contributed by atoms with Gasteiger partial charge in [-0.3, -0.25) is 4.79 Å². The van der Waals surface area contributed by atoms with Crippen molar-refractivity contribution in [2.45, 2.75) is 32.0 Å². The minimum atomic E-state index is -0.779. The molecule has 1 atom stereocenters. The van der Waals surface area contributed by atoms with E-state index in [4.69, 9.17) is 9.47 Å². The summed E-state index contributed by atoms with van der Waals surface area (Å²) in [5, 5.41) is 0. The maximum absolute atomic E-state index is 13.9. The Labute approximate surface area is 212 Å². The van der Waals surface area contributed by atoms with E-state index < -0.39 is 6.29 Å². The fourth-order valence-electron chi connectivity index (χ4n) is 5.69. The first-order valence-electron chi connectivity index (χ1n) is 13.0. The van der Waals surface area contributed by atoms with E-state index in [0.29, 0.717) is 16.9 Å². The molecule has 3 aromatic carbocycles. The highest BCUT2D eigenvalue weighted by atomic mass is 16.7. The normalized spacial score (nSPS) is 19.4. The third-order valence-corrected chi connectivity index (χ3v) is 7.58. The van der Waals surface area contributed by atoms with Crippen molar-refractivity contribution in [3.63, 3.8) is 0 Å². The number of benzene rings is 3. The zero-order valence-corrected chi connectivity index (χ0v) is 20.8. The lowest BCUT2D eigenvalue weighted by Crippen LogP contribution is -2.33. The van der Waals surface area contributed by atoms with Crippen molar-refractivity contribution in [1.29, 1.82) is 0 Å². The van der Waals surface area contributed by atoms with Gasteiger partial charge in [0.05, 0.1) is 11.1 Å². The molecule has 0 aliphatic carbocycles. The number of ketones is 1. The Balaban J connectivity index is 1.48. The molecule has 36 heavy (non-hydrogen) atoms. The lowest BCUT2D eigenvalue weighted by atomic mass is 9.87. The number of ether oxygens (including phenoxy) is 2. The number of hydrogen-bond acceptors (Lipinski definition) is 5. The minimum Gasteiger partial charge on any atom is -0.460 e. The number of para-hydroxylation sites is 1. The number of anilines is 2. The van der Waals surface area contributed by atoms with Gasteiger partial charge in [-0.25, -0.2) is 0 Å². The lowest BCUT2D eigenvalue weighted by molar-refractivity contribution is -0.0277. The number of rotatable bonds is 5. The molecule has 6 rings (SSSR count). The van der Waals surface area contributed by atoms with Crippen molar-refractivity contribution in [2.75, 3.05) is 43.1 Å². The van der Waals surface area contributed by atoms with Gasteiger partial charge in [-0.1, -0.05) is 36.4 Å². The van der Waals surface area contributed by atoms with Crippen LogP contribution in [-0.2, 0) is 4.74 Å². The molecule has 1 unspecified atom stereocenters. The summed E-state index contributed by atoms with van der Waals surface area (Å²) in [6.45, 7) is 4.39. The second-order valence-corrected chi connectivity index (χ2v) is 9.78. The molecule has 3 aromatic rings. The van der Waals surface area contributed by atoms with Crippen LogP contribution in [-0.4, -0.2) is 45.4 Å². The van der Waals surface area contributed by atoms with Gasteiger partial charge >= 0.3 is 0 Å². The van der Waals surface area contributed by atoms with E-state index in [2.05, 4.69) is 58.3 Å². The van der Waals surface area contributed by atoms with E-state index in [1.807, 2.05) is 24.3 Å². The highest BCUT2D eigenvalue weighted by Crippen LogP contribution is 2.39. The largest absolute Gasteiger partial charge is 0.460 e. The second-order valence-electron chi connectivity index (χ2n) is 9.78. The lowest BCUT2D eigenvalue weighted by Gasteiger charge is -2.29. The van der Waals surface area contributed by atoms with Gasteiger partial charge in [-0.15, -0.1) is 0 Å². The van der Waals surface area contributed by atoms with Crippen LogP contribution >= 0.6 is 0 Å². The summed E-state index contributed by atoms with van der Waals surface area (Å²) in [6, 6.07) is 24.6. The zero-order valence-electron chi connectivity index (χ0n) is 20.8. The van der Waals surface area contributed by atoms with E-state index in [9.17, 15) is 4.79 Å². The second kappa shape index (κ2) is 9.82. The van der Waals surface area contributed by atoms with Crippen LogP contribution in [0.4, 0.5) is 11.4 Å². The third-order valence-electron chi connectivity index (χ3n) is 7.58. The van der Waals surface area contributed by atoms with Crippen molar-refractivity contribution in [2.24, 2.45) is 0 Å². The first kappa shape index (κ1) is 22.9. The number of fused-ring (bicyclic) bond motifs is 1. The fraction of sp³-hybridized carbons (Fsp3) is 0.323. The van der Waals surface area contributed by atoms with Crippen molar-refractivity contribution in [1.82, 2.24) is 0 Å². The molecule has 5 heteroatoms. The summed E-state index contributed by atoms with van der Waals surface area (Å²) < 4.78 is 11.9.